The van der Waals surface area contributed by atoms with Gasteiger partial charge in [-0.3, -0.25) is 0 Å². The summed E-state index contributed by atoms with van der Waals surface area (Å²) in [5.74, 6) is 0.622. The summed E-state index contributed by atoms with van der Waals surface area (Å²) in [5.41, 5.74) is 10.3. The molecule has 100 valence electrons. The molecule has 0 saturated carbocycles. The van der Waals surface area contributed by atoms with Crippen molar-refractivity contribution < 1.29 is 9.84 Å². The van der Waals surface area contributed by atoms with Crippen molar-refractivity contribution in [2.45, 2.75) is 20.0 Å². The predicted molar refractivity (Wildman–Crippen MR) is 77.4 cm³/mol. The molecule has 0 aliphatic rings. The SMILES string of the molecule is COc1ccc([C@H](O)c2ccc(C)cc2C)cc1N. The van der Waals surface area contributed by atoms with Crippen LogP contribution < -0.4 is 10.5 Å². The van der Waals surface area contributed by atoms with Crippen LogP contribution in [0.15, 0.2) is 36.4 Å². The molecule has 2 aromatic rings. The smallest absolute Gasteiger partial charge is 0.141 e. The first kappa shape index (κ1) is 13.4. The van der Waals surface area contributed by atoms with E-state index in [-0.39, 0.29) is 0 Å². The minimum absolute atomic E-state index is 0.531. The molecule has 0 bridgehead atoms. The molecule has 19 heavy (non-hydrogen) atoms. The van der Waals surface area contributed by atoms with E-state index in [4.69, 9.17) is 10.5 Å². The zero-order valence-electron chi connectivity index (χ0n) is 11.5. The number of hydrogen-bond acceptors (Lipinski definition) is 3. The van der Waals surface area contributed by atoms with E-state index in [1.54, 1.807) is 19.2 Å². The summed E-state index contributed by atoms with van der Waals surface area (Å²) in [6.45, 7) is 4.03. The van der Waals surface area contributed by atoms with Gasteiger partial charge >= 0.3 is 0 Å². The van der Waals surface area contributed by atoms with Crippen LogP contribution in [0.4, 0.5) is 5.69 Å². The third kappa shape index (κ3) is 2.71. The first-order chi connectivity index (χ1) is 9.02. The molecule has 0 unspecified atom stereocenters. The lowest BCUT2D eigenvalue weighted by atomic mass is 9.96. The molecule has 2 aromatic carbocycles. The lowest BCUT2D eigenvalue weighted by Crippen LogP contribution is -2.03. The predicted octanol–water partition coefficient (Wildman–Crippen LogP) is 2.98. The molecule has 2 rings (SSSR count). The normalized spacial score (nSPS) is 12.2. The standard InChI is InChI=1S/C16H19NO2/c1-10-4-6-13(11(2)8-10)16(18)12-5-7-15(19-3)14(17)9-12/h4-9,16,18H,17H2,1-3H3/t16-/m0/s1. The van der Waals surface area contributed by atoms with Crippen LogP contribution in [0.2, 0.25) is 0 Å². The molecular formula is C16H19NO2. The van der Waals surface area contributed by atoms with Crippen LogP contribution in [0.25, 0.3) is 0 Å². The third-order valence-electron chi connectivity index (χ3n) is 3.29. The second-order valence-electron chi connectivity index (χ2n) is 4.76. The van der Waals surface area contributed by atoms with Crippen molar-refractivity contribution in [2.24, 2.45) is 0 Å². The highest BCUT2D eigenvalue weighted by Crippen LogP contribution is 2.30. The molecular weight excluding hydrogens is 238 g/mol. The van der Waals surface area contributed by atoms with Gasteiger partial charge in [0.25, 0.3) is 0 Å². The summed E-state index contributed by atoms with van der Waals surface area (Å²) in [7, 11) is 1.58. The van der Waals surface area contributed by atoms with Gasteiger partial charge in [-0.1, -0.05) is 29.8 Å². The van der Waals surface area contributed by atoms with Gasteiger partial charge in [-0.2, -0.15) is 0 Å². The van der Waals surface area contributed by atoms with Gasteiger partial charge < -0.3 is 15.6 Å². The second-order valence-corrected chi connectivity index (χ2v) is 4.76. The Balaban J connectivity index is 2.38. The molecule has 0 radical (unpaired) electrons. The van der Waals surface area contributed by atoms with E-state index < -0.39 is 6.10 Å². The number of nitrogen functional groups attached to an aromatic ring is 1. The van der Waals surface area contributed by atoms with Crippen molar-refractivity contribution in [2.75, 3.05) is 12.8 Å². The number of methoxy groups -OCH3 is 1. The van der Waals surface area contributed by atoms with Gasteiger partial charge in [0.2, 0.25) is 0 Å². The fourth-order valence-electron chi connectivity index (χ4n) is 2.23. The molecule has 0 aliphatic heterocycles. The molecule has 0 aromatic heterocycles. The lowest BCUT2D eigenvalue weighted by molar-refractivity contribution is 0.219. The van der Waals surface area contributed by atoms with Crippen LogP contribution in [-0.4, -0.2) is 12.2 Å². The molecule has 3 heteroatoms. The fraction of sp³-hybridized carbons (Fsp3) is 0.250. The van der Waals surface area contributed by atoms with Gasteiger partial charge in [0, 0.05) is 0 Å². The summed E-state index contributed by atoms with van der Waals surface area (Å²) in [6, 6.07) is 11.4. The number of nitrogens with two attached hydrogens (primary N) is 1. The Hall–Kier alpha value is -2.00. The summed E-state index contributed by atoms with van der Waals surface area (Å²) in [4.78, 5) is 0. The van der Waals surface area contributed by atoms with E-state index in [1.807, 2.05) is 32.0 Å². The van der Waals surface area contributed by atoms with Gasteiger partial charge in [0.05, 0.1) is 12.8 Å². The second kappa shape index (κ2) is 5.33. The number of aliphatic hydroxyl groups excluding tert-OH is 1. The highest BCUT2D eigenvalue weighted by Gasteiger charge is 2.14. The van der Waals surface area contributed by atoms with Crippen LogP contribution >= 0.6 is 0 Å². The van der Waals surface area contributed by atoms with E-state index in [0.29, 0.717) is 11.4 Å². The highest BCUT2D eigenvalue weighted by molar-refractivity contribution is 5.55. The van der Waals surface area contributed by atoms with Crippen LogP contribution in [-0.2, 0) is 0 Å². The van der Waals surface area contributed by atoms with E-state index in [9.17, 15) is 5.11 Å². The van der Waals surface area contributed by atoms with Crippen molar-refractivity contribution in [3.8, 4) is 5.75 Å². The van der Waals surface area contributed by atoms with Gasteiger partial charge in [0.1, 0.15) is 11.9 Å². The largest absolute Gasteiger partial charge is 0.495 e. The monoisotopic (exact) mass is 257 g/mol. The molecule has 3 nitrogen and oxygen atoms in total. The average molecular weight is 257 g/mol. The number of anilines is 1. The minimum Gasteiger partial charge on any atom is -0.495 e. The molecule has 1 atom stereocenters. The average Bonchev–Trinajstić information content (AvgIpc) is 2.38. The number of aryl methyl sites for hydroxylation is 2. The van der Waals surface area contributed by atoms with E-state index in [2.05, 4.69) is 6.07 Å². The molecule has 0 saturated heterocycles. The number of benzene rings is 2. The first-order valence-electron chi connectivity index (χ1n) is 6.21. The molecule has 0 aliphatic carbocycles. The molecule has 0 amide bonds. The third-order valence-corrected chi connectivity index (χ3v) is 3.29. The van der Waals surface area contributed by atoms with Crippen LogP contribution in [0.3, 0.4) is 0 Å². The van der Waals surface area contributed by atoms with Crippen molar-refractivity contribution in [3.63, 3.8) is 0 Å². The highest BCUT2D eigenvalue weighted by atomic mass is 16.5. The minimum atomic E-state index is -0.672. The van der Waals surface area contributed by atoms with Gasteiger partial charge in [-0.25, -0.2) is 0 Å². The fourth-order valence-corrected chi connectivity index (χ4v) is 2.23. The molecule has 0 fully saturated rings. The van der Waals surface area contributed by atoms with E-state index in [0.717, 1.165) is 16.7 Å². The number of ether oxygens (including phenoxy) is 1. The van der Waals surface area contributed by atoms with Crippen molar-refractivity contribution >= 4 is 5.69 Å². The quantitative estimate of drug-likeness (QED) is 0.831. The summed E-state index contributed by atoms with van der Waals surface area (Å²) < 4.78 is 5.12. The Kier molecular flexibility index (Phi) is 3.76. The van der Waals surface area contributed by atoms with Crippen LogP contribution in [0, 0.1) is 13.8 Å². The van der Waals surface area contributed by atoms with Gasteiger partial charge in [0.15, 0.2) is 0 Å². The van der Waals surface area contributed by atoms with Gasteiger partial charge in [-0.05, 0) is 42.7 Å². The summed E-state index contributed by atoms with van der Waals surface area (Å²) in [5, 5.41) is 10.5. The van der Waals surface area contributed by atoms with E-state index >= 15 is 0 Å². The Morgan fingerprint density at radius 2 is 1.84 bits per heavy atom. The first-order valence-corrected chi connectivity index (χ1v) is 6.21. The number of rotatable bonds is 3. The Morgan fingerprint density at radius 3 is 2.42 bits per heavy atom. The zero-order chi connectivity index (χ0) is 14.0. The summed E-state index contributed by atoms with van der Waals surface area (Å²) in [6.07, 6.45) is -0.672. The number of aliphatic hydroxyl groups is 1. The van der Waals surface area contributed by atoms with Crippen molar-refractivity contribution in [1.29, 1.82) is 0 Å². The van der Waals surface area contributed by atoms with Gasteiger partial charge in [-0.15, -0.1) is 0 Å². The van der Waals surface area contributed by atoms with E-state index in [1.165, 1.54) is 5.56 Å². The molecule has 3 N–H and O–H groups in total. The number of hydrogen-bond donors (Lipinski definition) is 2. The maximum absolute atomic E-state index is 10.5. The zero-order valence-corrected chi connectivity index (χ0v) is 11.5. The van der Waals surface area contributed by atoms with Crippen LogP contribution in [0.1, 0.15) is 28.4 Å². The van der Waals surface area contributed by atoms with Crippen LogP contribution in [0.5, 0.6) is 5.75 Å². The molecule has 0 heterocycles. The maximum Gasteiger partial charge on any atom is 0.141 e. The maximum atomic E-state index is 10.5. The lowest BCUT2D eigenvalue weighted by Gasteiger charge is -2.16. The van der Waals surface area contributed by atoms with Crippen molar-refractivity contribution in [3.05, 3.63) is 58.7 Å². The van der Waals surface area contributed by atoms with Crippen molar-refractivity contribution in [1.82, 2.24) is 0 Å². The Morgan fingerprint density at radius 1 is 1.11 bits per heavy atom. The summed E-state index contributed by atoms with van der Waals surface area (Å²) >= 11 is 0. The Bertz CT molecular complexity index is 593. The Labute approximate surface area is 113 Å². The topological polar surface area (TPSA) is 55.5 Å². The molecule has 0 spiro atoms.